The first kappa shape index (κ1) is 18.3. The molecule has 0 N–H and O–H groups in total. The summed E-state index contributed by atoms with van der Waals surface area (Å²) in [5.74, 6) is 0. The van der Waals surface area contributed by atoms with E-state index >= 15 is 0 Å². The zero-order chi connectivity index (χ0) is 20.3. The average Bonchev–Trinajstić information content (AvgIpc) is 3.09. The maximum absolute atomic E-state index is 11.3. The Labute approximate surface area is 175 Å². The van der Waals surface area contributed by atoms with Crippen LogP contribution in [0.3, 0.4) is 0 Å². The third-order valence-corrected chi connectivity index (χ3v) is 5.59. The van der Waals surface area contributed by atoms with E-state index in [4.69, 9.17) is 4.98 Å². The number of aromatic nitrogens is 2. The van der Waals surface area contributed by atoms with E-state index in [1.54, 1.807) is 0 Å². The van der Waals surface area contributed by atoms with Crippen LogP contribution in [0.2, 0.25) is 0 Å². The summed E-state index contributed by atoms with van der Waals surface area (Å²) < 4.78 is 2.29. The van der Waals surface area contributed by atoms with Crippen molar-refractivity contribution in [3.05, 3.63) is 102 Å². The molecule has 0 radical (unpaired) electrons. The third-order valence-electron chi connectivity index (χ3n) is 5.59. The van der Waals surface area contributed by atoms with Gasteiger partial charge in [-0.25, -0.2) is 4.98 Å². The minimum Gasteiger partial charge on any atom is -0.325 e. The van der Waals surface area contributed by atoms with Gasteiger partial charge in [-0.2, -0.15) is 0 Å². The molecule has 0 saturated heterocycles. The fourth-order valence-corrected chi connectivity index (χ4v) is 4.23. The van der Waals surface area contributed by atoms with Gasteiger partial charge in [0.2, 0.25) is 0 Å². The molecule has 5 aromatic rings. The summed E-state index contributed by atoms with van der Waals surface area (Å²) in [5, 5.41) is 2.26. The summed E-state index contributed by atoms with van der Waals surface area (Å²) in [6.07, 6.45) is 2.18. The first-order valence-corrected chi connectivity index (χ1v) is 10.3. The lowest BCUT2D eigenvalue weighted by molar-refractivity contribution is -0.107. The highest BCUT2D eigenvalue weighted by Gasteiger charge is 2.20. The molecule has 0 fully saturated rings. The molecule has 0 atom stereocenters. The number of benzene rings is 3. The van der Waals surface area contributed by atoms with Crippen LogP contribution < -0.4 is 0 Å². The molecule has 30 heavy (non-hydrogen) atoms. The van der Waals surface area contributed by atoms with E-state index in [1.807, 2.05) is 24.3 Å². The molecular formula is C27H22N2O. The standard InChI is InChI=1S/C27H22N2O/c30-17-9-16-25-26(21-12-5-2-6-13-21)23-18-22-14-7-8-15-24(22)28-27(23)29(25)19-20-10-3-1-4-11-20/h1-8,10-15,17-18H,9,16,19H2. The second kappa shape index (κ2) is 7.96. The van der Waals surface area contributed by atoms with Gasteiger partial charge in [0.25, 0.3) is 0 Å². The van der Waals surface area contributed by atoms with Crippen molar-refractivity contribution in [3.63, 3.8) is 0 Å². The molecule has 3 heteroatoms. The van der Waals surface area contributed by atoms with E-state index < -0.39 is 0 Å². The first-order chi connectivity index (χ1) is 14.8. The van der Waals surface area contributed by atoms with Crippen molar-refractivity contribution in [2.45, 2.75) is 19.4 Å². The summed E-state index contributed by atoms with van der Waals surface area (Å²) in [6.45, 7) is 0.726. The van der Waals surface area contributed by atoms with Gasteiger partial charge in [-0.3, -0.25) is 0 Å². The normalized spacial score (nSPS) is 11.2. The highest BCUT2D eigenvalue weighted by Crippen LogP contribution is 2.37. The average molecular weight is 390 g/mol. The highest BCUT2D eigenvalue weighted by atomic mass is 16.1. The minimum absolute atomic E-state index is 0.491. The highest BCUT2D eigenvalue weighted by molar-refractivity contribution is 6.02. The van der Waals surface area contributed by atoms with Crippen LogP contribution >= 0.6 is 0 Å². The number of carbonyl (C=O) groups excluding carboxylic acids is 1. The number of para-hydroxylation sites is 1. The molecule has 2 heterocycles. The number of fused-ring (bicyclic) bond motifs is 2. The van der Waals surface area contributed by atoms with Crippen LogP contribution in [-0.4, -0.2) is 15.8 Å². The molecule has 3 aromatic carbocycles. The van der Waals surface area contributed by atoms with E-state index in [-0.39, 0.29) is 0 Å². The van der Waals surface area contributed by atoms with E-state index in [0.717, 1.165) is 46.0 Å². The Morgan fingerprint density at radius 2 is 1.53 bits per heavy atom. The molecule has 2 aromatic heterocycles. The van der Waals surface area contributed by atoms with Crippen molar-refractivity contribution in [1.29, 1.82) is 0 Å². The Morgan fingerprint density at radius 3 is 2.30 bits per heavy atom. The van der Waals surface area contributed by atoms with Crippen LogP contribution in [0.25, 0.3) is 33.1 Å². The van der Waals surface area contributed by atoms with E-state index in [9.17, 15) is 4.79 Å². The number of pyridine rings is 1. The molecule has 0 spiro atoms. The van der Waals surface area contributed by atoms with Gasteiger partial charge in [0.1, 0.15) is 11.9 Å². The lowest BCUT2D eigenvalue weighted by Gasteiger charge is -2.12. The van der Waals surface area contributed by atoms with Crippen LogP contribution in [0.5, 0.6) is 0 Å². The van der Waals surface area contributed by atoms with Crippen molar-refractivity contribution in [2.75, 3.05) is 0 Å². The lowest BCUT2D eigenvalue weighted by Crippen LogP contribution is -2.06. The van der Waals surface area contributed by atoms with Crippen LogP contribution in [0.4, 0.5) is 0 Å². The number of nitrogens with zero attached hydrogens (tertiary/aromatic N) is 2. The van der Waals surface area contributed by atoms with Gasteiger partial charge in [0.05, 0.1) is 5.52 Å². The molecule has 0 aliphatic heterocycles. The fourth-order valence-electron chi connectivity index (χ4n) is 4.23. The molecule has 0 bridgehead atoms. The summed E-state index contributed by atoms with van der Waals surface area (Å²) >= 11 is 0. The number of carbonyl (C=O) groups is 1. The number of hydrogen-bond acceptors (Lipinski definition) is 2. The Hall–Kier alpha value is -3.72. The molecule has 0 aliphatic rings. The number of rotatable bonds is 6. The van der Waals surface area contributed by atoms with Gasteiger partial charge in [-0.15, -0.1) is 0 Å². The smallest absolute Gasteiger partial charge is 0.141 e. The second-order valence-electron chi connectivity index (χ2n) is 7.52. The molecular weight excluding hydrogens is 368 g/mol. The molecule has 0 amide bonds. The predicted octanol–water partition coefficient (Wildman–Crippen LogP) is 6.04. The van der Waals surface area contributed by atoms with Crippen molar-refractivity contribution in [2.24, 2.45) is 0 Å². The fraction of sp³-hybridized carbons (Fsp3) is 0.111. The number of aldehydes is 1. The Balaban J connectivity index is 1.84. The Kier molecular flexibility index (Phi) is 4.86. The van der Waals surface area contributed by atoms with Crippen LogP contribution in [0, 0.1) is 0 Å². The van der Waals surface area contributed by atoms with Gasteiger partial charge in [0, 0.05) is 35.0 Å². The summed E-state index contributed by atoms with van der Waals surface area (Å²) in [6, 6.07) is 31.4. The topological polar surface area (TPSA) is 34.9 Å². The van der Waals surface area contributed by atoms with Gasteiger partial charge in [-0.05, 0) is 29.7 Å². The number of hydrogen-bond donors (Lipinski definition) is 0. The molecule has 0 aliphatic carbocycles. The molecule has 0 unspecified atom stereocenters. The van der Waals surface area contributed by atoms with E-state index in [0.29, 0.717) is 12.8 Å². The monoisotopic (exact) mass is 390 g/mol. The van der Waals surface area contributed by atoms with Crippen molar-refractivity contribution >= 4 is 28.2 Å². The lowest BCUT2D eigenvalue weighted by atomic mass is 10.00. The van der Waals surface area contributed by atoms with Crippen molar-refractivity contribution in [3.8, 4) is 11.1 Å². The molecule has 3 nitrogen and oxygen atoms in total. The molecule has 146 valence electrons. The Morgan fingerprint density at radius 1 is 0.833 bits per heavy atom. The largest absolute Gasteiger partial charge is 0.325 e. The minimum atomic E-state index is 0.491. The zero-order valence-corrected chi connectivity index (χ0v) is 16.7. The van der Waals surface area contributed by atoms with Gasteiger partial charge in [0.15, 0.2) is 0 Å². The summed E-state index contributed by atoms with van der Waals surface area (Å²) in [7, 11) is 0. The SMILES string of the molecule is O=CCCc1c(-c2ccccc2)c2cc3ccccc3nc2n1Cc1ccccc1. The first-order valence-electron chi connectivity index (χ1n) is 10.3. The zero-order valence-electron chi connectivity index (χ0n) is 16.7. The van der Waals surface area contributed by atoms with E-state index in [2.05, 4.69) is 71.3 Å². The Bertz CT molecular complexity index is 1320. The summed E-state index contributed by atoms with van der Waals surface area (Å²) in [5.41, 5.74) is 6.68. The van der Waals surface area contributed by atoms with Crippen molar-refractivity contribution in [1.82, 2.24) is 9.55 Å². The second-order valence-corrected chi connectivity index (χ2v) is 7.52. The molecule has 0 saturated carbocycles. The van der Waals surface area contributed by atoms with Gasteiger partial charge < -0.3 is 9.36 Å². The van der Waals surface area contributed by atoms with E-state index in [1.165, 1.54) is 11.1 Å². The van der Waals surface area contributed by atoms with Gasteiger partial charge in [-0.1, -0.05) is 78.9 Å². The summed E-state index contributed by atoms with van der Waals surface area (Å²) in [4.78, 5) is 16.3. The molecule has 5 rings (SSSR count). The maximum atomic E-state index is 11.3. The maximum Gasteiger partial charge on any atom is 0.141 e. The predicted molar refractivity (Wildman–Crippen MR) is 123 cm³/mol. The van der Waals surface area contributed by atoms with Crippen molar-refractivity contribution < 1.29 is 4.79 Å². The van der Waals surface area contributed by atoms with Crippen LogP contribution in [0.15, 0.2) is 91.0 Å². The third kappa shape index (κ3) is 3.29. The van der Waals surface area contributed by atoms with Gasteiger partial charge >= 0.3 is 0 Å². The van der Waals surface area contributed by atoms with Crippen LogP contribution in [0.1, 0.15) is 17.7 Å². The quantitative estimate of drug-likeness (QED) is 0.332. The van der Waals surface area contributed by atoms with Crippen LogP contribution in [-0.2, 0) is 17.8 Å².